The maximum Gasteiger partial charge on any atom is 0.250 e. The van der Waals surface area contributed by atoms with Gasteiger partial charge in [-0.05, 0) is 19.4 Å². The Morgan fingerprint density at radius 3 is 3.06 bits per heavy atom. The lowest BCUT2D eigenvalue weighted by atomic mass is 10.1. The van der Waals surface area contributed by atoms with Gasteiger partial charge < -0.3 is 15.4 Å². The average Bonchev–Trinajstić information content (AvgIpc) is 2.76. The van der Waals surface area contributed by atoms with Gasteiger partial charge in [0.2, 0.25) is 5.91 Å². The minimum atomic E-state index is 0.0541. The second kappa shape index (κ2) is 5.12. The summed E-state index contributed by atoms with van der Waals surface area (Å²) in [6.45, 7) is 5.50. The monoisotopic (exact) mass is 227 g/mol. The van der Waals surface area contributed by atoms with Gasteiger partial charge in [-0.1, -0.05) is 6.92 Å². The first-order valence-electron chi connectivity index (χ1n) is 6.11. The number of amides is 1. The van der Waals surface area contributed by atoms with E-state index >= 15 is 0 Å². The molecule has 0 aliphatic carbocycles. The summed E-state index contributed by atoms with van der Waals surface area (Å²) < 4.78 is 5.25. The number of rotatable bonds is 3. The lowest BCUT2D eigenvalue weighted by Crippen LogP contribution is -2.59. The van der Waals surface area contributed by atoms with E-state index in [-0.39, 0.29) is 24.7 Å². The van der Waals surface area contributed by atoms with Gasteiger partial charge in [0.25, 0.3) is 0 Å². The third kappa shape index (κ3) is 2.07. The summed E-state index contributed by atoms with van der Waals surface area (Å²) in [4.78, 5) is 16.2. The molecule has 1 amide bonds. The van der Waals surface area contributed by atoms with Gasteiger partial charge in [0.05, 0.1) is 18.8 Å². The normalized spacial score (nSPS) is 32.4. The van der Waals surface area contributed by atoms with Crippen molar-refractivity contribution in [3.05, 3.63) is 0 Å². The summed E-state index contributed by atoms with van der Waals surface area (Å²) in [5.74, 6) is 0.0899. The van der Waals surface area contributed by atoms with E-state index in [2.05, 4.69) is 11.8 Å². The predicted octanol–water partition coefficient (Wildman–Crippen LogP) is -0.386. The Kier molecular flexibility index (Phi) is 3.78. The number of nitrogens with zero attached hydrogens (tertiary/aromatic N) is 2. The van der Waals surface area contributed by atoms with E-state index in [0.29, 0.717) is 13.2 Å². The van der Waals surface area contributed by atoms with Crippen molar-refractivity contribution >= 4 is 5.91 Å². The molecule has 0 radical (unpaired) electrons. The lowest BCUT2D eigenvalue weighted by Gasteiger charge is -2.42. The highest BCUT2D eigenvalue weighted by Gasteiger charge is 2.38. The fraction of sp³-hybridized carbons (Fsp3) is 0.909. The second-order valence-corrected chi connectivity index (χ2v) is 4.46. The molecule has 0 saturated carbocycles. The van der Waals surface area contributed by atoms with Gasteiger partial charge in [0.15, 0.2) is 0 Å². The van der Waals surface area contributed by atoms with E-state index in [9.17, 15) is 4.79 Å². The van der Waals surface area contributed by atoms with E-state index in [4.69, 9.17) is 10.5 Å². The van der Waals surface area contributed by atoms with E-state index < -0.39 is 0 Å². The lowest BCUT2D eigenvalue weighted by molar-refractivity contribution is -0.156. The topological polar surface area (TPSA) is 58.8 Å². The maximum absolute atomic E-state index is 11.9. The molecule has 2 heterocycles. The van der Waals surface area contributed by atoms with Crippen molar-refractivity contribution in [2.45, 2.75) is 32.0 Å². The summed E-state index contributed by atoms with van der Waals surface area (Å²) in [7, 11) is 0. The zero-order valence-electron chi connectivity index (χ0n) is 9.89. The molecule has 0 bridgehead atoms. The van der Waals surface area contributed by atoms with Gasteiger partial charge in [0.1, 0.15) is 6.61 Å². The SMILES string of the molecule is CCN1CCCC1N1C(=O)COCC1CN. The highest BCUT2D eigenvalue weighted by atomic mass is 16.5. The molecular weight excluding hydrogens is 206 g/mol. The van der Waals surface area contributed by atoms with Gasteiger partial charge in [-0.3, -0.25) is 9.69 Å². The molecule has 0 aromatic carbocycles. The van der Waals surface area contributed by atoms with E-state index in [1.807, 2.05) is 4.90 Å². The molecule has 2 fully saturated rings. The molecule has 2 aliphatic heterocycles. The molecule has 5 heteroatoms. The van der Waals surface area contributed by atoms with Gasteiger partial charge >= 0.3 is 0 Å². The fourth-order valence-corrected chi connectivity index (χ4v) is 2.72. The number of nitrogens with two attached hydrogens (primary N) is 1. The zero-order chi connectivity index (χ0) is 11.5. The van der Waals surface area contributed by atoms with Crippen LogP contribution in [-0.4, -0.2) is 60.8 Å². The van der Waals surface area contributed by atoms with Crippen molar-refractivity contribution in [1.29, 1.82) is 0 Å². The van der Waals surface area contributed by atoms with Crippen LogP contribution in [0.1, 0.15) is 19.8 Å². The smallest absolute Gasteiger partial charge is 0.250 e. The van der Waals surface area contributed by atoms with Crippen LogP contribution in [0.2, 0.25) is 0 Å². The first-order valence-corrected chi connectivity index (χ1v) is 6.11. The highest BCUT2D eigenvalue weighted by molar-refractivity contribution is 5.78. The van der Waals surface area contributed by atoms with Crippen molar-refractivity contribution in [3.63, 3.8) is 0 Å². The Bertz CT molecular complexity index is 260. The van der Waals surface area contributed by atoms with Crippen LogP contribution in [0.5, 0.6) is 0 Å². The Labute approximate surface area is 96.5 Å². The average molecular weight is 227 g/mol. The number of ether oxygens (including phenoxy) is 1. The van der Waals surface area contributed by atoms with E-state index in [1.165, 1.54) is 6.42 Å². The van der Waals surface area contributed by atoms with Gasteiger partial charge in [0, 0.05) is 13.1 Å². The Balaban J connectivity index is 2.11. The third-order valence-electron chi connectivity index (χ3n) is 3.55. The first kappa shape index (κ1) is 11.8. The standard InChI is InChI=1S/C11H21N3O2/c1-2-13-5-3-4-10(13)14-9(6-12)7-16-8-11(14)15/h9-10H,2-8,12H2,1H3. The summed E-state index contributed by atoms with van der Waals surface area (Å²) >= 11 is 0. The van der Waals surface area contributed by atoms with Crippen LogP contribution in [0.15, 0.2) is 0 Å². The van der Waals surface area contributed by atoms with Crippen LogP contribution in [0.25, 0.3) is 0 Å². The molecule has 2 rings (SSSR count). The Hall–Kier alpha value is -0.650. The molecule has 2 N–H and O–H groups in total. The van der Waals surface area contributed by atoms with Crippen molar-refractivity contribution in [1.82, 2.24) is 9.80 Å². The molecule has 0 spiro atoms. The molecule has 2 saturated heterocycles. The Morgan fingerprint density at radius 2 is 2.38 bits per heavy atom. The molecule has 2 aliphatic rings. The number of carbonyl (C=O) groups is 1. The van der Waals surface area contributed by atoms with Gasteiger partial charge in [-0.25, -0.2) is 0 Å². The molecule has 92 valence electrons. The van der Waals surface area contributed by atoms with Gasteiger partial charge in [-0.2, -0.15) is 0 Å². The molecule has 0 aromatic rings. The van der Waals surface area contributed by atoms with Crippen LogP contribution in [0, 0.1) is 0 Å². The van der Waals surface area contributed by atoms with Crippen LogP contribution in [0.4, 0.5) is 0 Å². The first-order chi connectivity index (χ1) is 7.77. The second-order valence-electron chi connectivity index (χ2n) is 4.46. The number of carbonyl (C=O) groups excluding carboxylic acids is 1. The van der Waals surface area contributed by atoms with Crippen molar-refractivity contribution in [3.8, 4) is 0 Å². The van der Waals surface area contributed by atoms with Crippen molar-refractivity contribution < 1.29 is 9.53 Å². The summed E-state index contributed by atoms with van der Waals surface area (Å²) in [5, 5.41) is 0. The minimum absolute atomic E-state index is 0.0541. The van der Waals surface area contributed by atoms with E-state index in [1.54, 1.807) is 0 Å². The van der Waals surface area contributed by atoms with Gasteiger partial charge in [-0.15, -0.1) is 0 Å². The molecule has 2 unspecified atom stereocenters. The van der Waals surface area contributed by atoms with Crippen LogP contribution >= 0.6 is 0 Å². The molecule has 5 nitrogen and oxygen atoms in total. The number of likely N-dealkylation sites (tertiary alicyclic amines) is 1. The van der Waals surface area contributed by atoms with Crippen LogP contribution in [0.3, 0.4) is 0 Å². The van der Waals surface area contributed by atoms with Crippen LogP contribution in [-0.2, 0) is 9.53 Å². The zero-order valence-corrected chi connectivity index (χ0v) is 9.89. The molecule has 16 heavy (non-hydrogen) atoms. The maximum atomic E-state index is 11.9. The summed E-state index contributed by atoms with van der Waals surface area (Å²) in [6, 6.07) is 0.0541. The van der Waals surface area contributed by atoms with Crippen molar-refractivity contribution in [2.24, 2.45) is 5.73 Å². The summed E-state index contributed by atoms with van der Waals surface area (Å²) in [5.41, 5.74) is 5.72. The number of hydrogen-bond donors (Lipinski definition) is 1. The number of morpholine rings is 1. The highest BCUT2D eigenvalue weighted by Crippen LogP contribution is 2.24. The van der Waals surface area contributed by atoms with Crippen LogP contribution < -0.4 is 5.73 Å². The molecular formula is C11H21N3O2. The molecule has 0 aromatic heterocycles. The number of hydrogen-bond acceptors (Lipinski definition) is 4. The largest absolute Gasteiger partial charge is 0.369 e. The predicted molar refractivity (Wildman–Crippen MR) is 60.8 cm³/mol. The Morgan fingerprint density at radius 1 is 1.56 bits per heavy atom. The molecule has 2 atom stereocenters. The van der Waals surface area contributed by atoms with E-state index in [0.717, 1.165) is 19.5 Å². The van der Waals surface area contributed by atoms with Crippen molar-refractivity contribution in [2.75, 3.05) is 32.8 Å². The quantitative estimate of drug-likeness (QED) is 0.713. The summed E-state index contributed by atoms with van der Waals surface area (Å²) in [6.07, 6.45) is 2.48. The fourth-order valence-electron chi connectivity index (χ4n) is 2.72. The minimum Gasteiger partial charge on any atom is -0.369 e. The third-order valence-corrected chi connectivity index (χ3v) is 3.55.